The molecule has 0 fully saturated rings. The van der Waals surface area contributed by atoms with Gasteiger partial charge in [0.15, 0.2) is 5.13 Å². The van der Waals surface area contributed by atoms with Crippen molar-refractivity contribution < 1.29 is 4.79 Å². The van der Waals surface area contributed by atoms with E-state index in [1.165, 1.54) is 29.8 Å². The summed E-state index contributed by atoms with van der Waals surface area (Å²) in [6, 6.07) is 2.03. The quantitative estimate of drug-likeness (QED) is 0.863. The van der Waals surface area contributed by atoms with Crippen LogP contribution in [0.25, 0.3) is 0 Å². The molecule has 1 atom stereocenters. The number of thiazole rings is 1. The van der Waals surface area contributed by atoms with Crippen LogP contribution in [0.15, 0.2) is 6.07 Å². The average molecular weight is 347 g/mol. The molecule has 1 aliphatic carbocycles. The van der Waals surface area contributed by atoms with Gasteiger partial charge in [0, 0.05) is 23.5 Å². The standard InChI is InChI=1S/C18H26N4OS/c1-4-5-14-6-7-15-16(11-14)24-18(19-15)20-17(23)8-9-22-13(3)10-12(2)21-22/h10,14H,4-9,11H2,1-3H3,(H,19,20,23). The van der Waals surface area contributed by atoms with Crippen LogP contribution in [0.3, 0.4) is 0 Å². The summed E-state index contributed by atoms with van der Waals surface area (Å²) in [4.78, 5) is 18.2. The summed E-state index contributed by atoms with van der Waals surface area (Å²) < 4.78 is 1.89. The van der Waals surface area contributed by atoms with Crippen LogP contribution in [-0.2, 0) is 24.2 Å². The molecule has 1 amide bonds. The maximum absolute atomic E-state index is 12.2. The largest absolute Gasteiger partial charge is 0.302 e. The van der Waals surface area contributed by atoms with E-state index in [0.29, 0.717) is 13.0 Å². The number of hydrogen-bond donors (Lipinski definition) is 1. The molecule has 1 aliphatic rings. The number of aromatic nitrogens is 3. The van der Waals surface area contributed by atoms with Crippen LogP contribution >= 0.6 is 11.3 Å². The van der Waals surface area contributed by atoms with Crippen LogP contribution in [0, 0.1) is 19.8 Å². The predicted molar refractivity (Wildman–Crippen MR) is 97.5 cm³/mol. The van der Waals surface area contributed by atoms with E-state index < -0.39 is 0 Å². The van der Waals surface area contributed by atoms with E-state index in [9.17, 15) is 4.79 Å². The van der Waals surface area contributed by atoms with Crippen LogP contribution < -0.4 is 5.32 Å². The SMILES string of the molecule is CCCC1CCc2nc(NC(=O)CCn3nc(C)cc3C)sc2C1. The van der Waals surface area contributed by atoms with Crippen molar-refractivity contribution in [2.45, 2.75) is 65.8 Å². The zero-order valence-corrected chi connectivity index (χ0v) is 15.6. The van der Waals surface area contributed by atoms with Gasteiger partial charge in [0.05, 0.1) is 11.4 Å². The molecule has 2 heterocycles. The molecule has 0 aromatic carbocycles. The van der Waals surface area contributed by atoms with Crippen molar-refractivity contribution in [1.82, 2.24) is 14.8 Å². The summed E-state index contributed by atoms with van der Waals surface area (Å²) in [5.41, 5.74) is 3.27. The highest BCUT2D eigenvalue weighted by Gasteiger charge is 2.22. The number of carbonyl (C=O) groups is 1. The average Bonchev–Trinajstić information content (AvgIpc) is 3.07. The van der Waals surface area contributed by atoms with Crippen molar-refractivity contribution in [3.63, 3.8) is 0 Å². The predicted octanol–water partition coefficient (Wildman–Crippen LogP) is 3.89. The Labute approximate surface area is 147 Å². The summed E-state index contributed by atoms with van der Waals surface area (Å²) in [5, 5.41) is 8.12. The van der Waals surface area contributed by atoms with E-state index in [2.05, 4.69) is 22.3 Å². The van der Waals surface area contributed by atoms with Gasteiger partial charge in [-0.1, -0.05) is 19.8 Å². The Kier molecular flexibility index (Phi) is 5.33. The second-order valence-corrected chi connectivity index (χ2v) is 7.82. The molecule has 6 heteroatoms. The summed E-state index contributed by atoms with van der Waals surface area (Å²) >= 11 is 1.66. The molecule has 130 valence electrons. The molecule has 5 nitrogen and oxygen atoms in total. The Morgan fingerprint density at radius 3 is 3.00 bits per heavy atom. The van der Waals surface area contributed by atoms with Gasteiger partial charge in [-0.15, -0.1) is 11.3 Å². The second-order valence-electron chi connectivity index (χ2n) is 6.73. The third-order valence-corrected chi connectivity index (χ3v) is 5.67. The zero-order valence-electron chi connectivity index (χ0n) is 14.8. The Hall–Kier alpha value is -1.69. The van der Waals surface area contributed by atoms with Crippen LogP contribution in [-0.4, -0.2) is 20.7 Å². The molecule has 0 radical (unpaired) electrons. The highest BCUT2D eigenvalue weighted by molar-refractivity contribution is 7.15. The van der Waals surface area contributed by atoms with Crippen molar-refractivity contribution in [2.75, 3.05) is 5.32 Å². The summed E-state index contributed by atoms with van der Waals surface area (Å²) in [6.45, 7) is 6.83. The third-order valence-electron chi connectivity index (χ3n) is 4.64. The van der Waals surface area contributed by atoms with Gasteiger partial charge in [0.2, 0.25) is 5.91 Å². The topological polar surface area (TPSA) is 59.8 Å². The highest BCUT2D eigenvalue weighted by Crippen LogP contribution is 2.34. The minimum atomic E-state index is 0.0127. The van der Waals surface area contributed by atoms with Gasteiger partial charge in [-0.2, -0.15) is 5.10 Å². The number of rotatable bonds is 6. The Morgan fingerprint density at radius 1 is 1.46 bits per heavy atom. The molecular weight excluding hydrogens is 320 g/mol. The van der Waals surface area contributed by atoms with E-state index >= 15 is 0 Å². The van der Waals surface area contributed by atoms with Gasteiger partial charge in [0.1, 0.15) is 0 Å². The first-order valence-corrected chi connectivity index (χ1v) is 9.66. The number of hydrogen-bond acceptors (Lipinski definition) is 4. The van der Waals surface area contributed by atoms with E-state index in [-0.39, 0.29) is 5.91 Å². The maximum atomic E-state index is 12.2. The fourth-order valence-corrected chi connectivity index (χ4v) is 4.58. The fraction of sp³-hybridized carbons (Fsp3) is 0.611. The molecular formula is C18H26N4OS. The molecule has 2 aromatic heterocycles. The van der Waals surface area contributed by atoms with Gasteiger partial charge in [-0.25, -0.2) is 4.98 Å². The number of anilines is 1. The Bertz CT molecular complexity index is 719. The first-order chi connectivity index (χ1) is 11.5. The summed E-state index contributed by atoms with van der Waals surface area (Å²) in [6.07, 6.45) is 6.37. The molecule has 1 N–H and O–H groups in total. The number of carbonyl (C=O) groups excluding carboxylic acids is 1. The lowest BCUT2D eigenvalue weighted by Crippen LogP contribution is -2.15. The zero-order chi connectivity index (χ0) is 17.1. The van der Waals surface area contributed by atoms with E-state index in [1.807, 2.05) is 24.6 Å². The van der Waals surface area contributed by atoms with Gasteiger partial charge in [-0.3, -0.25) is 9.48 Å². The Morgan fingerprint density at radius 2 is 2.29 bits per heavy atom. The van der Waals surface area contributed by atoms with Crippen molar-refractivity contribution in [3.05, 3.63) is 28.0 Å². The molecule has 0 saturated carbocycles. The van der Waals surface area contributed by atoms with Crippen LogP contribution in [0.2, 0.25) is 0 Å². The van der Waals surface area contributed by atoms with E-state index in [1.54, 1.807) is 11.3 Å². The lowest BCUT2D eigenvalue weighted by molar-refractivity contribution is -0.116. The molecule has 1 unspecified atom stereocenters. The second kappa shape index (κ2) is 7.47. The smallest absolute Gasteiger partial charge is 0.228 e. The van der Waals surface area contributed by atoms with E-state index in [0.717, 1.165) is 35.3 Å². The third kappa shape index (κ3) is 4.04. The first-order valence-electron chi connectivity index (χ1n) is 8.84. The minimum absolute atomic E-state index is 0.0127. The highest BCUT2D eigenvalue weighted by atomic mass is 32.1. The number of nitrogens with zero attached hydrogens (tertiary/aromatic N) is 3. The molecule has 3 rings (SSSR count). The molecule has 2 aromatic rings. The summed E-state index contributed by atoms with van der Waals surface area (Å²) in [7, 11) is 0. The molecule has 0 bridgehead atoms. The molecule has 0 aliphatic heterocycles. The maximum Gasteiger partial charge on any atom is 0.228 e. The Balaban J connectivity index is 1.55. The number of aryl methyl sites for hydroxylation is 4. The van der Waals surface area contributed by atoms with Gasteiger partial charge < -0.3 is 5.32 Å². The van der Waals surface area contributed by atoms with Crippen LogP contribution in [0.4, 0.5) is 5.13 Å². The molecule has 0 spiro atoms. The summed E-state index contributed by atoms with van der Waals surface area (Å²) in [5.74, 6) is 0.802. The van der Waals surface area contributed by atoms with Crippen LogP contribution in [0.1, 0.15) is 54.6 Å². The minimum Gasteiger partial charge on any atom is -0.302 e. The van der Waals surface area contributed by atoms with Crippen molar-refractivity contribution >= 4 is 22.4 Å². The lowest BCUT2D eigenvalue weighted by Gasteiger charge is -2.19. The van der Waals surface area contributed by atoms with Gasteiger partial charge in [-0.05, 0) is 45.1 Å². The van der Waals surface area contributed by atoms with Crippen LogP contribution in [0.5, 0.6) is 0 Å². The van der Waals surface area contributed by atoms with Crippen molar-refractivity contribution in [2.24, 2.45) is 5.92 Å². The van der Waals surface area contributed by atoms with Crippen molar-refractivity contribution in [3.8, 4) is 0 Å². The number of fused-ring (bicyclic) bond motifs is 1. The number of nitrogens with one attached hydrogen (secondary N) is 1. The lowest BCUT2D eigenvalue weighted by atomic mass is 9.88. The first kappa shape index (κ1) is 17.1. The van der Waals surface area contributed by atoms with Crippen molar-refractivity contribution in [1.29, 1.82) is 0 Å². The van der Waals surface area contributed by atoms with E-state index in [4.69, 9.17) is 0 Å². The monoisotopic (exact) mass is 346 g/mol. The molecule has 0 saturated heterocycles. The van der Waals surface area contributed by atoms with Gasteiger partial charge in [0.25, 0.3) is 0 Å². The fourth-order valence-electron chi connectivity index (χ4n) is 3.44. The molecule has 24 heavy (non-hydrogen) atoms. The number of amides is 1. The van der Waals surface area contributed by atoms with Gasteiger partial charge >= 0.3 is 0 Å². The normalized spacial score (nSPS) is 16.9.